The molecule has 36 heavy (non-hydrogen) atoms. The topological polar surface area (TPSA) is 62.1 Å². The number of ether oxygens (including phenoxy) is 2. The van der Waals surface area contributed by atoms with Crippen LogP contribution in [0.2, 0.25) is 0 Å². The van der Waals surface area contributed by atoms with Crippen molar-refractivity contribution in [2.75, 3.05) is 13.2 Å². The third kappa shape index (κ3) is 3.89. The predicted octanol–water partition coefficient (Wildman–Crippen LogP) is 6.07. The van der Waals surface area contributed by atoms with Gasteiger partial charge in [0.1, 0.15) is 11.6 Å². The molecule has 6 nitrogen and oxygen atoms in total. The minimum absolute atomic E-state index is 0.00723. The fourth-order valence-corrected chi connectivity index (χ4v) is 5.10. The van der Waals surface area contributed by atoms with E-state index < -0.39 is 24.5 Å². The highest BCUT2D eigenvalue weighted by Crippen LogP contribution is 2.46. The van der Waals surface area contributed by atoms with Gasteiger partial charge in [0.15, 0.2) is 17.7 Å². The van der Waals surface area contributed by atoms with Crippen LogP contribution in [0.5, 0.6) is 5.75 Å². The van der Waals surface area contributed by atoms with Gasteiger partial charge in [-0.25, -0.2) is 23.7 Å². The van der Waals surface area contributed by atoms with Gasteiger partial charge >= 0.3 is 6.61 Å². The Balaban J connectivity index is 1.39. The molecule has 0 bridgehead atoms. The maximum Gasteiger partial charge on any atom is 0.387 e. The summed E-state index contributed by atoms with van der Waals surface area (Å²) in [4.78, 5) is 13.1. The zero-order valence-corrected chi connectivity index (χ0v) is 19.1. The number of nitrogens with zero attached hydrogens (tertiary/aromatic N) is 4. The number of halogens is 4. The second-order valence-corrected chi connectivity index (χ2v) is 9.05. The highest BCUT2D eigenvalue weighted by molar-refractivity contribution is 5.83. The summed E-state index contributed by atoms with van der Waals surface area (Å²) in [5, 5.41) is 0. The number of para-hydroxylation sites is 1. The molecule has 1 saturated heterocycles. The molecule has 2 aromatic carbocycles. The fourth-order valence-electron chi connectivity index (χ4n) is 5.10. The molecule has 0 radical (unpaired) electrons. The molecule has 10 heteroatoms. The van der Waals surface area contributed by atoms with E-state index in [0.29, 0.717) is 35.4 Å². The minimum atomic E-state index is -2.99. The van der Waals surface area contributed by atoms with Gasteiger partial charge in [-0.3, -0.25) is 0 Å². The second-order valence-electron chi connectivity index (χ2n) is 9.05. The van der Waals surface area contributed by atoms with Crippen LogP contribution in [0, 0.1) is 0 Å². The van der Waals surface area contributed by atoms with Gasteiger partial charge < -0.3 is 14.0 Å². The summed E-state index contributed by atoms with van der Waals surface area (Å²) in [7, 11) is 0. The van der Waals surface area contributed by atoms with Crippen molar-refractivity contribution in [2.45, 2.75) is 43.8 Å². The molecule has 0 saturated carbocycles. The monoisotopic (exact) mass is 498 g/mol. The van der Waals surface area contributed by atoms with Crippen LogP contribution >= 0.6 is 0 Å². The first kappa shape index (κ1) is 22.9. The summed E-state index contributed by atoms with van der Waals surface area (Å²) >= 11 is 0. The number of aromatic nitrogens is 4. The van der Waals surface area contributed by atoms with Gasteiger partial charge in [0.25, 0.3) is 0 Å². The average Bonchev–Trinajstić information content (AvgIpc) is 3.41. The standard InChI is InChI=1S/C26H22F4N4O2/c27-18-12-20(17-3-1-2-4-22(17)36-25(28)29)34-21-11-15(5-6-19(21)33-23(18)34)16-13-31-24(32-14-16)26(30)7-9-35-10-8-26/h1-6,11,13-14,18,20,25H,7-10,12H2. The first-order chi connectivity index (χ1) is 17.4. The van der Waals surface area contributed by atoms with Crippen LogP contribution in [-0.4, -0.2) is 39.3 Å². The zero-order chi connectivity index (χ0) is 24.9. The van der Waals surface area contributed by atoms with Crippen LogP contribution in [0.4, 0.5) is 17.6 Å². The molecule has 2 aliphatic rings. The minimum Gasteiger partial charge on any atom is -0.434 e. The van der Waals surface area contributed by atoms with E-state index in [0.717, 1.165) is 5.56 Å². The van der Waals surface area contributed by atoms with Crippen molar-refractivity contribution in [1.82, 2.24) is 19.5 Å². The first-order valence-electron chi connectivity index (χ1n) is 11.7. The van der Waals surface area contributed by atoms with E-state index >= 15 is 8.78 Å². The Labute approximate surface area is 203 Å². The van der Waals surface area contributed by atoms with E-state index in [2.05, 4.69) is 15.0 Å². The van der Waals surface area contributed by atoms with Gasteiger partial charge in [-0.1, -0.05) is 24.3 Å². The van der Waals surface area contributed by atoms with Crippen LogP contribution in [0.15, 0.2) is 54.9 Å². The highest BCUT2D eigenvalue weighted by atomic mass is 19.3. The maximum atomic E-state index is 15.2. The van der Waals surface area contributed by atoms with Gasteiger partial charge in [0.05, 0.1) is 30.3 Å². The number of benzene rings is 2. The number of hydrogen-bond acceptors (Lipinski definition) is 5. The lowest BCUT2D eigenvalue weighted by Gasteiger charge is -2.27. The van der Waals surface area contributed by atoms with Crippen molar-refractivity contribution in [3.63, 3.8) is 0 Å². The van der Waals surface area contributed by atoms with Crippen molar-refractivity contribution in [2.24, 2.45) is 0 Å². The SMILES string of the molecule is FC(F)Oc1ccccc1C1CC(F)c2nc3ccc(-c4cnc(C5(F)CCOCC5)nc4)cc3n21. The number of fused-ring (bicyclic) bond motifs is 3. The Bertz CT molecular complexity index is 1400. The van der Waals surface area contributed by atoms with Crippen molar-refractivity contribution >= 4 is 11.0 Å². The predicted molar refractivity (Wildman–Crippen MR) is 123 cm³/mol. The molecule has 2 aromatic heterocycles. The Morgan fingerprint density at radius 1 is 1.03 bits per heavy atom. The van der Waals surface area contributed by atoms with Crippen molar-refractivity contribution < 1.29 is 27.0 Å². The molecule has 4 heterocycles. The quantitative estimate of drug-likeness (QED) is 0.313. The van der Waals surface area contributed by atoms with E-state index in [1.165, 1.54) is 6.07 Å². The molecule has 4 aromatic rings. The Morgan fingerprint density at radius 2 is 1.78 bits per heavy atom. The maximum absolute atomic E-state index is 15.2. The van der Waals surface area contributed by atoms with Crippen molar-refractivity contribution in [3.8, 4) is 16.9 Å². The van der Waals surface area contributed by atoms with Crippen LogP contribution in [0.1, 0.15) is 48.7 Å². The number of hydrogen-bond donors (Lipinski definition) is 0. The smallest absolute Gasteiger partial charge is 0.387 e. The molecule has 0 aliphatic carbocycles. The molecule has 0 amide bonds. The molecular formula is C26H22F4N4O2. The summed E-state index contributed by atoms with van der Waals surface area (Å²) in [5.74, 6) is 0.383. The molecule has 2 unspecified atom stereocenters. The molecule has 2 aliphatic heterocycles. The summed E-state index contributed by atoms with van der Waals surface area (Å²) in [6.07, 6.45) is 2.27. The Hall–Kier alpha value is -3.53. The summed E-state index contributed by atoms with van der Waals surface area (Å²) in [6.45, 7) is -2.34. The Morgan fingerprint density at radius 3 is 2.53 bits per heavy atom. The second kappa shape index (κ2) is 8.85. The molecular weight excluding hydrogens is 476 g/mol. The lowest BCUT2D eigenvalue weighted by Crippen LogP contribution is -2.31. The molecule has 186 valence electrons. The lowest BCUT2D eigenvalue weighted by atomic mass is 9.95. The normalized spacial score (nSPS) is 21.1. The summed E-state index contributed by atoms with van der Waals surface area (Å²) in [6, 6.07) is 11.3. The fraction of sp³-hybridized carbons (Fsp3) is 0.346. The van der Waals surface area contributed by atoms with Gasteiger partial charge in [0.2, 0.25) is 0 Å². The third-order valence-electron chi connectivity index (χ3n) is 6.90. The molecule has 0 spiro atoms. The van der Waals surface area contributed by atoms with E-state index in [4.69, 9.17) is 9.47 Å². The van der Waals surface area contributed by atoms with Crippen LogP contribution in [-0.2, 0) is 10.4 Å². The average molecular weight is 498 g/mol. The lowest BCUT2D eigenvalue weighted by molar-refractivity contribution is -0.0507. The number of alkyl halides is 4. The molecule has 6 rings (SSSR count). The molecule has 2 atom stereocenters. The van der Waals surface area contributed by atoms with Gasteiger partial charge in [-0.2, -0.15) is 8.78 Å². The van der Waals surface area contributed by atoms with Gasteiger partial charge in [0, 0.05) is 42.8 Å². The van der Waals surface area contributed by atoms with Crippen LogP contribution in [0.3, 0.4) is 0 Å². The number of imidazole rings is 1. The van der Waals surface area contributed by atoms with Crippen molar-refractivity contribution in [3.05, 3.63) is 72.1 Å². The zero-order valence-electron chi connectivity index (χ0n) is 19.1. The first-order valence-corrected chi connectivity index (χ1v) is 11.7. The van der Waals surface area contributed by atoms with Crippen molar-refractivity contribution in [1.29, 1.82) is 0 Å². The largest absolute Gasteiger partial charge is 0.434 e. The number of rotatable bonds is 5. The summed E-state index contributed by atoms with van der Waals surface area (Å²) in [5.41, 5.74) is 1.49. The van der Waals surface area contributed by atoms with Crippen LogP contribution < -0.4 is 4.74 Å². The Kier molecular flexibility index (Phi) is 5.63. The van der Waals surface area contributed by atoms with E-state index in [1.54, 1.807) is 41.2 Å². The van der Waals surface area contributed by atoms with E-state index in [9.17, 15) is 8.78 Å². The molecule has 1 fully saturated rings. The summed E-state index contributed by atoms with van der Waals surface area (Å²) < 4.78 is 67.9. The van der Waals surface area contributed by atoms with E-state index in [-0.39, 0.29) is 36.7 Å². The van der Waals surface area contributed by atoms with Crippen LogP contribution in [0.25, 0.3) is 22.2 Å². The van der Waals surface area contributed by atoms with Gasteiger partial charge in [-0.15, -0.1) is 0 Å². The molecule has 0 N–H and O–H groups in total. The van der Waals surface area contributed by atoms with Gasteiger partial charge in [-0.05, 0) is 23.8 Å². The third-order valence-corrected chi connectivity index (χ3v) is 6.90. The highest BCUT2D eigenvalue weighted by Gasteiger charge is 2.38. The van der Waals surface area contributed by atoms with E-state index in [1.807, 2.05) is 12.1 Å².